The molecule has 1 aliphatic heterocycles. The Morgan fingerprint density at radius 2 is 2.12 bits per heavy atom. The predicted octanol–water partition coefficient (Wildman–Crippen LogP) is 2.43. The largest absolute Gasteiger partial charge is 0.387 e. The zero-order valence-electron chi connectivity index (χ0n) is 14.5. The first-order valence-corrected chi connectivity index (χ1v) is 8.63. The van der Waals surface area contributed by atoms with Crippen LogP contribution in [0.5, 0.6) is 0 Å². The number of nitrogens with zero attached hydrogens (tertiary/aromatic N) is 2. The van der Waals surface area contributed by atoms with Gasteiger partial charge in [0.25, 0.3) is 0 Å². The van der Waals surface area contributed by atoms with Crippen molar-refractivity contribution in [2.24, 2.45) is 0 Å². The highest BCUT2D eigenvalue weighted by Crippen LogP contribution is 2.21. The molecule has 0 aliphatic carbocycles. The number of piperazine rings is 1. The minimum Gasteiger partial charge on any atom is -0.387 e. The summed E-state index contributed by atoms with van der Waals surface area (Å²) < 4.78 is 32.0. The molecule has 2 unspecified atom stereocenters. The van der Waals surface area contributed by atoms with E-state index in [0.29, 0.717) is 19.2 Å². The molecule has 1 fully saturated rings. The first-order chi connectivity index (χ1) is 11.5. The average molecular weight is 342 g/mol. The van der Waals surface area contributed by atoms with Gasteiger partial charge in [0.2, 0.25) is 0 Å². The molecule has 0 bridgehead atoms. The highest BCUT2D eigenvalue weighted by molar-refractivity contribution is 5.21. The quantitative estimate of drug-likeness (QED) is 0.787. The van der Waals surface area contributed by atoms with E-state index in [4.69, 9.17) is 4.74 Å². The fourth-order valence-electron chi connectivity index (χ4n) is 3.35. The third kappa shape index (κ3) is 5.21. The van der Waals surface area contributed by atoms with Gasteiger partial charge in [-0.3, -0.25) is 9.80 Å². The molecule has 1 aliphatic rings. The molecule has 1 saturated heterocycles. The predicted molar refractivity (Wildman–Crippen MR) is 89.9 cm³/mol. The monoisotopic (exact) mass is 342 g/mol. The van der Waals surface area contributed by atoms with Crippen molar-refractivity contribution in [1.29, 1.82) is 0 Å². The van der Waals surface area contributed by atoms with Gasteiger partial charge in [-0.2, -0.15) is 0 Å². The average Bonchev–Trinajstić information content (AvgIpc) is 2.54. The van der Waals surface area contributed by atoms with Crippen molar-refractivity contribution < 1.29 is 18.6 Å². The number of ether oxygens (including phenoxy) is 1. The molecule has 1 aromatic rings. The van der Waals surface area contributed by atoms with Crippen LogP contribution in [0, 0.1) is 11.6 Å². The van der Waals surface area contributed by atoms with E-state index >= 15 is 0 Å². The lowest BCUT2D eigenvalue weighted by Crippen LogP contribution is -2.54. The molecule has 0 amide bonds. The lowest BCUT2D eigenvalue weighted by Gasteiger charge is -2.42. The maximum atomic E-state index is 13.8. The number of rotatable bonds is 8. The number of aliphatic hydroxyl groups is 1. The van der Waals surface area contributed by atoms with Crippen LogP contribution in [0.25, 0.3) is 0 Å². The number of β-amino-alcohol motifs (C(OH)–C–C–N with tert-alkyl or cyclic N) is 1. The SMILES string of the molecule is CCCC1CN(CC(O)c2ccc(F)cc2F)CCN1CCOC. The van der Waals surface area contributed by atoms with Crippen LogP contribution in [0.3, 0.4) is 0 Å². The maximum Gasteiger partial charge on any atom is 0.131 e. The summed E-state index contributed by atoms with van der Waals surface area (Å²) in [6, 6.07) is 3.75. The zero-order valence-corrected chi connectivity index (χ0v) is 14.5. The molecule has 1 aromatic carbocycles. The van der Waals surface area contributed by atoms with Gasteiger partial charge >= 0.3 is 0 Å². The zero-order chi connectivity index (χ0) is 17.5. The van der Waals surface area contributed by atoms with E-state index in [1.54, 1.807) is 7.11 Å². The molecule has 6 heteroatoms. The van der Waals surface area contributed by atoms with Gasteiger partial charge in [0.05, 0.1) is 12.7 Å². The molecule has 1 heterocycles. The summed E-state index contributed by atoms with van der Waals surface area (Å²) in [5, 5.41) is 10.3. The van der Waals surface area contributed by atoms with Crippen molar-refractivity contribution in [2.45, 2.75) is 31.9 Å². The van der Waals surface area contributed by atoms with E-state index in [2.05, 4.69) is 16.7 Å². The van der Waals surface area contributed by atoms with Crippen molar-refractivity contribution >= 4 is 0 Å². The van der Waals surface area contributed by atoms with Crippen LogP contribution in [0.2, 0.25) is 0 Å². The van der Waals surface area contributed by atoms with Gasteiger partial charge in [0, 0.05) is 57.5 Å². The molecule has 24 heavy (non-hydrogen) atoms. The molecule has 0 radical (unpaired) electrons. The van der Waals surface area contributed by atoms with Crippen LogP contribution in [0.1, 0.15) is 31.4 Å². The first kappa shape index (κ1) is 19.2. The third-order valence-corrected chi connectivity index (χ3v) is 4.65. The van der Waals surface area contributed by atoms with Crippen LogP contribution in [0.4, 0.5) is 8.78 Å². The number of hydrogen-bond acceptors (Lipinski definition) is 4. The molecule has 2 atom stereocenters. The molecule has 1 N–H and O–H groups in total. The molecule has 136 valence electrons. The Morgan fingerprint density at radius 1 is 1.33 bits per heavy atom. The van der Waals surface area contributed by atoms with Gasteiger partial charge in [-0.05, 0) is 12.5 Å². The van der Waals surface area contributed by atoms with Crippen LogP contribution in [-0.4, -0.2) is 67.4 Å². The van der Waals surface area contributed by atoms with Gasteiger partial charge in [0.1, 0.15) is 11.6 Å². The van der Waals surface area contributed by atoms with Crippen molar-refractivity contribution in [1.82, 2.24) is 9.80 Å². The normalized spacial score (nSPS) is 21.1. The summed E-state index contributed by atoms with van der Waals surface area (Å²) in [7, 11) is 1.71. The van der Waals surface area contributed by atoms with Gasteiger partial charge in [0.15, 0.2) is 0 Å². The highest BCUT2D eigenvalue weighted by Gasteiger charge is 2.27. The van der Waals surface area contributed by atoms with Crippen LogP contribution >= 0.6 is 0 Å². The summed E-state index contributed by atoms with van der Waals surface area (Å²) in [6.07, 6.45) is 1.23. The molecule has 0 spiro atoms. The minimum absolute atomic E-state index is 0.158. The van der Waals surface area contributed by atoms with Crippen LogP contribution in [0.15, 0.2) is 18.2 Å². The summed E-state index contributed by atoms with van der Waals surface area (Å²) in [5.74, 6) is -1.32. The van der Waals surface area contributed by atoms with Gasteiger partial charge in [-0.15, -0.1) is 0 Å². The fourth-order valence-corrected chi connectivity index (χ4v) is 3.35. The number of halogens is 2. The molecular formula is C18H28F2N2O2. The maximum absolute atomic E-state index is 13.8. The molecule has 2 rings (SSSR count). The molecular weight excluding hydrogens is 314 g/mol. The molecule has 0 saturated carbocycles. The van der Waals surface area contributed by atoms with E-state index in [9.17, 15) is 13.9 Å². The minimum atomic E-state index is -0.946. The van der Waals surface area contributed by atoms with Crippen LogP contribution in [-0.2, 0) is 4.74 Å². The number of aliphatic hydroxyl groups excluding tert-OH is 1. The van der Waals surface area contributed by atoms with Crippen molar-refractivity contribution in [3.05, 3.63) is 35.4 Å². The van der Waals surface area contributed by atoms with E-state index in [1.807, 2.05) is 0 Å². The van der Waals surface area contributed by atoms with E-state index in [-0.39, 0.29) is 5.56 Å². The first-order valence-electron chi connectivity index (χ1n) is 8.63. The topological polar surface area (TPSA) is 35.9 Å². The number of hydrogen-bond donors (Lipinski definition) is 1. The van der Waals surface area contributed by atoms with E-state index in [0.717, 1.165) is 45.1 Å². The summed E-state index contributed by atoms with van der Waals surface area (Å²) in [5.41, 5.74) is 0.158. The summed E-state index contributed by atoms with van der Waals surface area (Å²) in [4.78, 5) is 4.59. The number of benzene rings is 1. The lowest BCUT2D eigenvalue weighted by atomic mass is 10.0. The lowest BCUT2D eigenvalue weighted by molar-refractivity contribution is 0.0235. The molecule has 4 nitrogen and oxygen atoms in total. The Morgan fingerprint density at radius 3 is 2.79 bits per heavy atom. The Kier molecular flexibility index (Phi) is 7.55. The van der Waals surface area contributed by atoms with E-state index in [1.165, 1.54) is 12.1 Å². The smallest absolute Gasteiger partial charge is 0.131 e. The Labute approximate surface area is 143 Å². The van der Waals surface area contributed by atoms with Crippen molar-refractivity contribution in [3.8, 4) is 0 Å². The second kappa shape index (κ2) is 9.42. The van der Waals surface area contributed by atoms with Crippen molar-refractivity contribution in [2.75, 3.05) is 46.4 Å². The third-order valence-electron chi connectivity index (χ3n) is 4.65. The van der Waals surface area contributed by atoms with Crippen LogP contribution < -0.4 is 0 Å². The fraction of sp³-hybridized carbons (Fsp3) is 0.667. The van der Waals surface area contributed by atoms with Crippen molar-refractivity contribution in [3.63, 3.8) is 0 Å². The van der Waals surface area contributed by atoms with Gasteiger partial charge in [-0.1, -0.05) is 19.4 Å². The Bertz CT molecular complexity index is 516. The Hall–Kier alpha value is -1.08. The second-order valence-electron chi connectivity index (χ2n) is 6.41. The molecule has 0 aromatic heterocycles. The summed E-state index contributed by atoms with van der Waals surface area (Å²) in [6.45, 7) is 6.72. The van der Waals surface area contributed by atoms with E-state index < -0.39 is 17.7 Å². The van der Waals surface area contributed by atoms with Gasteiger partial charge < -0.3 is 9.84 Å². The highest BCUT2D eigenvalue weighted by atomic mass is 19.1. The standard InChI is InChI=1S/C18H28F2N2O2/c1-3-4-15-12-21(7-8-22(15)9-10-24-2)13-18(23)16-6-5-14(19)11-17(16)20/h5-6,11,15,18,23H,3-4,7-10,12-13H2,1-2H3. The second-order valence-corrected chi connectivity index (χ2v) is 6.41. The summed E-state index contributed by atoms with van der Waals surface area (Å²) >= 11 is 0. The number of methoxy groups -OCH3 is 1. The Balaban J connectivity index is 1.95. The van der Waals surface area contributed by atoms with Gasteiger partial charge in [-0.25, -0.2) is 8.78 Å².